The molecule has 112 valence electrons. The van der Waals surface area contributed by atoms with Gasteiger partial charge >= 0.3 is 0 Å². The van der Waals surface area contributed by atoms with Crippen LogP contribution in [0.4, 0.5) is 5.69 Å². The Kier molecular flexibility index (Phi) is 4.05. The normalized spacial score (nSPS) is 11.5. The number of hydrogen-bond donors (Lipinski definition) is 1. The smallest absolute Gasteiger partial charge is 0.271 e. The first-order chi connectivity index (χ1) is 9.81. The summed E-state index contributed by atoms with van der Waals surface area (Å²) >= 11 is 0. The third kappa shape index (κ3) is 3.26. The third-order valence-electron chi connectivity index (χ3n) is 3.05. The van der Waals surface area contributed by atoms with Gasteiger partial charge in [0.2, 0.25) is 10.0 Å². The molecule has 0 aliphatic rings. The van der Waals surface area contributed by atoms with E-state index in [4.69, 9.17) is 0 Å². The number of nitro groups is 1. The number of nitrogens with zero attached hydrogens (tertiary/aromatic N) is 3. The molecule has 8 nitrogen and oxygen atoms in total. The van der Waals surface area contributed by atoms with Gasteiger partial charge in [0.25, 0.3) is 5.69 Å². The predicted molar refractivity (Wildman–Crippen MR) is 75.1 cm³/mol. The van der Waals surface area contributed by atoms with Crippen LogP contribution in [-0.2, 0) is 23.6 Å². The molecule has 0 unspecified atom stereocenters. The van der Waals surface area contributed by atoms with E-state index >= 15 is 0 Å². The summed E-state index contributed by atoms with van der Waals surface area (Å²) in [6.45, 7) is 1.61. The highest BCUT2D eigenvalue weighted by Crippen LogP contribution is 2.22. The van der Waals surface area contributed by atoms with Crippen molar-refractivity contribution >= 4 is 15.7 Å². The average Bonchev–Trinajstić information content (AvgIpc) is 2.82. The van der Waals surface area contributed by atoms with Gasteiger partial charge in [0.15, 0.2) is 0 Å². The molecule has 21 heavy (non-hydrogen) atoms. The topological polar surface area (TPSA) is 107 Å². The zero-order valence-corrected chi connectivity index (χ0v) is 12.3. The summed E-state index contributed by atoms with van der Waals surface area (Å²) in [6, 6.07) is 5.49. The Bertz CT molecular complexity index is 782. The molecule has 0 spiro atoms. The zero-order valence-electron chi connectivity index (χ0n) is 11.5. The summed E-state index contributed by atoms with van der Waals surface area (Å²) in [5.74, 6) is 0. The molecule has 1 aromatic heterocycles. The van der Waals surface area contributed by atoms with E-state index in [1.54, 1.807) is 30.9 Å². The van der Waals surface area contributed by atoms with Crippen LogP contribution in [0.15, 0.2) is 35.4 Å². The van der Waals surface area contributed by atoms with Crippen molar-refractivity contribution in [2.45, 2.75) is 18.4 Å². The SMILES string of the molecule is Cc1ccc(S(=O)(=O)NCc2ccnn2C)cc1[N+](=O)[O-]. The number of aromatic nitrogens is 2. The Morgan fingerprint density at radius 1 is 1.38 bits per heavy atom. The fourth-order valence-corrected chi connectivity index (χ4v) is 2.80. The first-order valence-corrected chi connectivity index (χ1v) is 7.51. The van der Waals surface area contributed by atoms with Gasteiger partial charge in [-0.3, -0.25) is 14.8 Å². The molecule has 0 saturated carbocycles. The van der Waals surface area contributed by atoms with Crippen LogP contribution < -0.4 is 4.72 Å². The Labute approximate surface area is 121 Å². The van der Waals surface area contributed by atoms with Crippen molar-refractivity contribution in [3.05, 3.63) is 51.8 Å². The van der Waals surface area contributed by atoms with Gasteiger partial charge in [0.05, 0.1) is 22.1 Å². The minimum absolute atomic E-state index is 0.0561. The summed E-state index contributed by atoms with van der Waals surface area (Å²) in [7, 11) is -2.13. The van der Waals surface area contributed by atoms with E-state index in [2.05, 4.69) is 9.82 Å². The van der Waals surface area contributed by atoms with Crippen molar-refractivity contribution < 1.29 is 13.3 Å². The highest BCUT2D eigenvalue weighted by molar-refractivity contribution is 7.89. The Hall–Kier alpha value is -2.26. The number of aryl methyl sites for hydroxylation is 2. The maximum atomic E-state index is 12.2. The lowest BCUT2D eigenvalue weighted by Crippen LogP contribution is -2.24. The largest absolute Gasteiger partial charge is 0.273 e. The molecule has 0 bridgehead atoms. The molecule has 0 radical (unpaired) electrons. The average molecular weight is 310 g/mol. The van der Waals surface area contributed by atoms with Gasteiger partial charge in [-0.1, -0.05) is 6.07 Å². The van der Waals surface area contributed by atoms with Crippen LogP contribution in [0.5, 0.6) is 0 Å². The van der Waals surface area contributed by atoms with Crippen LogP contribution in [0.3, 0.4) is 0 Å². The third-order valence-corrected chi connectivity index (χ3v) is 4.45. The highest BCUT2D eigenvalue weighted by atomic mass is 32.2. The second-order valence-corrected chi connectivity index (χ2v) is 6.24. The monoisotopic (exact) mass is 310 g/mol. The van der Waals surface area contributed by atoms with Crippen molar-refractivity contribution in [1.29, 1.82) is 0 Å². The lowest BCUT2D eigenvalue weighted by atomic mass is 10.2. The molecule has 1 aromatic carbocycles. The molecule has 0 aliphatic heterocycles. The second kappa shape index (κ2) is 5.62. The number of rotatable bonds is 5. The van der Waals surface area contributed by atoms with Gasteiger partial charge in [-0.2, -0.15) is 5.10 Å². The van der Waals surface area contributed by atoms with Gasteiger partial charge in [-0.15, -0.1) is 0 Å². The van der Waals surface area contributed by atoms with E-state index < -0.39 is 14.9 Å². The van der Waals surface area contributed by atoms with Gasteiger partial charge in [0.1, 0.15) is 0 Å². The number of sulfonamides is 1. The fraction of sp³-hybridized carbons (Fsp3) is 0.250. The standard InChI is InChI=1S/C12H14N4O4S/c1-9-3-4-11(7-12(9)16(17)18)21(19,20)14-8-10-5-6-13-15(10)2/h3-7,14H,8H2,1-2H3. The molecule has 1 N–H and O–H groups in total. The molecule has 0 aliphatic carbocycles. The van der Waals surface area contributed by atoms with E-state index in [9.17, 15) is 18.5 Å². The summed E-state index contributed by atoms with van der Waals surface area (Å²) in [4.78, 5) is 10.1. The number of nitro benzene ring substituents is 1. The Balaban J connectivity index is 2.26. The maximum absolute atomic E-state index is 12.2. The molecule has 2 rings (SSSR count). The van der Waals surface area contributed by atoms with Gasteiger partial charge in [0, 0.05) is 24.9 Å². The van der Waals surface area contributed by atoms with Crippen LogP contribution >= 0.6 is 0 Å². The van der Waals surface area contributed by atoms with Gasteiger partial charge in [-0.05, 0) is 19.1 Å². The Morgan fingerprint density at radius 2 is 2.10 bits per heavy atom. The van der Waals surface area contributed by atoms with Crippen molar-refractivity contribution in [3.8, 4) is 0 Å². The minimum atomic E-state index is -3.82. The van der Waals surface area contributed by atoms with E-state index in [0.29, 0.717) is 11.3 Å². The van der Waals surface area contributed by atoms with E-state index in [0.717, 1.165) is 6.07 Å². The second-order valence-electron chi connectivity index (χ2n) is 4.48. The van der Waals surface area contributed by atoms with Crippen LogP contribution in [0.1, 0.15) is 11.3 Å². The first-order valence-electron chi connectivity index (χ1n) is 6.03. The lowest BCUT2D eigenvalue weighted by molar-refractivity contribution is -0.385. The van der Waals surface area contributed by atoms with Crippen molar-refractivity contribution in [1.82, 2.24) is 14.5 Å². The molecular weight excluding hydrogens is 296 g/mol. The Morgan fingerprint density at radius 3 is 2.67 bits per heavy atom. The van der Waals surface area contributed by atoms with E-state index in [1.807, 2.05) is 0 Å². The van der Waals surface area contributed by atoms with Crippen LogP contribution in [0.25, 0.3) is 0 Å². The number of nitrogens with one attached hydrogen (secondary N) is 1. The summed E-state index contributed by atoms with van der Waals surface area (Å²) in [5, 5.41) is 14.8. The molecule has 2 aromatic rings. The quantitative estimate of drug-likeness (QED) is 0.657. The zero-order chi connectivity index (χ0) is 15.6. The van der Waals surface area contributed by atoms with Crippen LogP contribution in [0, 0.1) is 17.0 Å². The van der Waals surface area contributed by atoms with Crippen LogP contribution in [0.2, 0.25) is 0 Å². The molecule has 1 heterocycles. The minimum Gasteiger partial charge on any atom is -0.271 e. The molecule has 0 atom stereocenters. The van der Waals surface area contributed by atoms with Gasteiger partial charge < -0.3 is 0 Å². The summed E-state index contributed by atoms with van der Waals surface area (Å²) < 4.78 is 28.3. The predicted octanol–water partition coefficient (Wildman–Crippen LogP) is 1.12. The molecule has 0 amide bonds. The van der Waals surface area contributed by atoms with Crippen molar-refractivity contribution in [3.63, 3.8) is 0 Å². The summed E-state index contributed by atoms with van der Waals surface area (Å²) in [5.41, 5.74) is 0.865. The van der Waals surface area contributed by atoms with E-state index in [-0.39, 0.29) is 17.1 Å². The number of benzene rings is 1. The number of hydrogen-bond acceptors (Lipinski definition) is 5. The molecule has 0 fully saturated rings. The highest BCUT2D eigenvalue weighted by Gasteiger charge is 2.19. The van der Waals surface area contributed by atoms with Gasteiger partial charge in [-0.25, -0.2) is 13.1 Å². The van der Waals surface area contributed by atoms with Crippen LogP contribution in [-0.4, -0.2) is 23.1 Å². The molecular formula is C12H14N4O4S. The maximum Gasteiger partial charge on any atom is 0.273 e. The lowest BCUT2D eigenvalue weighted by Gasteiger charge is -2.07. The first kappa shape index (κ1) is 15.1. The van der Waals surface area contributed by atoms with E-state index in [1.165, 1.54) is 12.1 Å². The van der Waals surface area contributed by atoms with Crippen molar-refractivity contribution in [2.24, 2.45) is 7.05 Å². The summed E-state index contributed by atoms with van der Waals surface area (Å²) in [6.07, 6.45) is 1.56. The van der Waals surface area contributed by atoms with Crippen molar-refractivity contribution in [2.75, 3.05) is 0 Å². The fourth-order valence-electron chi connectivity index (χ4n) is 1.78. The molecule has 9 heteroatoms. The molecule has 0 saturated heterocycles.